The number of hydrogen-bond donors (Lipinski definition) is 0. The molecule has 1 rings (SSSR count). The van der Waals surface area contributed by atoms with Crippen LogP contribution in [0.3, 0.4) is 0 Å². The fourth-order valence-corrected chi connectivity index (χ4v) is 2.60. The summed E-state index contributed by atoms with van der Waals surface area (Å²) in [5.74, 6) is 0.145. The minimum Gasteiger partial charge on any atom is -0.335 e. The van der Waals surface area contributed by atoms with Gasteiger partial charge >= 0.3 is 0 Å². The third kappa shape index (κ3) is 3.84. The van der Waals surface area contributed by atoms with Crippen molar-refractivity contribution < 1.29 is 4.79 Å². The van der Waals surface area contributed by atoms with E-state index in [9.17, 15) is 4.79 Å². The summed E-state index contributed by atoms with van der Waals surface area (Å²) < 4.78 is 0. The molecular weight excluding hydrogens is 290 g/mol. The van der Waals surface area contributed by atoms with Crippen molar-refractivity contribution in [2.24, 2.45) is 0 Å². The number of rotatable bonds is 6. The molecule has 2 nitrogen and oxygen atoms in total. The molecule has 100 valence electrons. The average molecular weight is 312 g/mol. The van der Waals surface area contributed by atoms with Gasteiger partial charge in [-0.3, -0.25) is 4.79 Å². The van der Waals surface area contributed by atoms with Crippen LogP contribution in [0.5, 0.6) is 0 Å². The molecule has 0 unspecified atom stereocenters. The lowest BCUT2D eigenvalue weighted by atomic mass is 10.1. The second-order valence-corrected chi connectivity index (χ2v) is 5.32. The number of hydrogen-bond acceptors (Lipinski definition) is 1. The molecule has 0 atom stereocenters. The van der Waals surface area contributed by atoms with Crippen molar-refractivity contribution in [3.63, 3.8) is 0 Å². The van der Waals surface area contributed by atoms with Crippen LogP contribution in [0.4, 0.5) is 0 Å². The second kappa shape index (κ2) is 7.57. The predicted octanol–water partition coefficient (Wildman–Crippen LogP) is 4.02. The lowest BCUT2D eigenvalue weighted by molar-refractivity contribution is 0.0683. The highest BCUT2D eigenvalue weighted by Crippen LogP contribution is 2.15. The van der Waals surface area contributed by atoms with Gasteiger partial charge in [-0.25, -0.2) is 0 Å². The molecule has 0 aliphatic heterocycles. The van der Waals surface area contributed by atoms with Crippen molar-refractivity contribution in [2.45, 2.75) is 39.7 Å². The molecule has 0 aliphatic rings. The second-order valence-electron chi connectivity index (χ2n) is 4.53. The lowest BCUT2D eigenvalue weighted by Crippen LogP contribution is -2.41. The molecule has 1 aromatic carbocycles. The van der Waals surface area contributed by atoms with Crippen LogP contribution in [0, 0.1) is 6.92 Å². The summed E-state index contributed by atoms with van der Waals surface area (Å²) in [6.45, 7) is 7.06. The van der Waals surface area contributed by atoms with Gasteiger partial charge in [-0.1, -0.05) is 47.5 Å². The first-order valence-corrected chi connectivity index (χ1v) is 7.69. The molecule has 3 heteroatoms. The summed E-state index contributed by atoms with van der Waals surface area (Å²) in [6.07, 6.45) is 2.00. The summed E-state index contributed by atoms with van der Waals surface area (Å²) in [4.78, 5) is 14.5. The molecule has 0 N–H and O–H groups in total. The Balaban J connectivity index is 2.95. The van der Waals surface area contributed by atoms with Crippen molar-refractivity contribution in [3.05, 3.63) is 35.4 Å². The van der Waals surface area contributed by atoms with Gasteiger partial charge < -0.3 is 4.90 Å². The maximum absolute atomic E-state index is 12.6. The van der Waals surface area contributed by atoms with Crippen LogP contribution in [0.2, 0.25) is 0 Å². The molecule has 0 aliphatic carbocycles. The molecule has 0 aromatic heterocycles. The number of carbonyl (C=O) groups excluding carboxylic acids is 1. The van der Waals surface area contributed by atoms with Gasteiger partial charge in [0.1, 0.15) is 0 Å². The van der Waals surface area contributed by atoms with Gasteiger partial charge in [0.15, 0.2) is 0 Å². The molecule has 1 amide bonds. The zero-order chi connectivity index (χ0) is 13.5. The number of alkyl halides is 1. The zero-order valence-electron chi connectivity index (χ0n) is 11.4. The largest absolute Gasteiger partial charge is 0.335 e. The maximum Gasteiger partial charge on any atom is 0.254 e. The molecular formula is C15H22BrNO. The number of halogens is 1. The van der Waals surface area contributed by atoms with Crippen LogP contribution in [-0.2, 0) is 0 Å². The van der Waals surface area contributed by atoms with Crippen molar-refractivity contribution in [2.75, 3.05) is 11.9 Å². The highest BCUT2D eigenvalue weighted by Gasteiger charge is 2.21. The van der Waals surface area contributed by atoms with Crippen LogP contribution in [0.1, 0.15) is 42.6 Å². The van der Waals surface area contributed by atoms with Gasteiger partial charge in [-0.05, 0) is 31.9 Å². The third-order valence-corrected chi connectivity index (χ3v) is 3.59. The Morgan fingerprint density at radius 1 is 1.33 bits per heavy atom. The standard InChI is InChI=1S/C15H22BrNO/c1-4-14(5-2)17(10-9-16)15(18)13-8-6-7-12(3)11-13/h6-8,11,14H,4-5,9-10H2,1-3H3. The van der Waals surface area contributed by atoms with Crippen LogP contribution >= 0.6 is 15.9 Å². The molecule has 18 heavy (non-hydrogen) atoms. The Labute approximate surface area is 119 Å². The van der Waals surface area contributed by atoms with Gasteiger partial charge in [0.2, 0.25) is 0 Å². The quantitative estimate of drug-likeness (QED) is 0.727. The first-order chi connectivity index (χ1) is 8.63. The number of carbonyl (C=O) groups is 1. The van der Waals surface area contributed by atoms with E-state index < -0.39 is 0 Å². The lowest BCUT2D eigenvalue weighted by Gasteiger charge is -2.30. The van der Waals surface area contributed by atoms with E-state index >= 15 is 0 Å². The summed E-state index contributed by atoms with van der Waals surface area (Å²) in [5.41, 5.74) is 1.92. The molecule has 0 radical (unpaired) electrons. The van der Waals surface area contributed by atoms with Crippen molar-refractivity contribution in [3.8, 4) is 0 Å². The van der Waals surface area contributed by atoms with E-state index in [4.69, 9.17) is 0 Å². The van der Waals surface area contributed by atoms with Crippen LogP contribution in [0.25, 0.3) is 0 Å². The average Bonchev–Trinajstić information content (AvgIpc) is 2.38. The van der Waals surface area contributed by atoms with E-state index in [1.54, 1.807) is 0 Å². The monoisotopic (exact) mass is 311 g/mol. The molecule has 0 bridgehead atoms. The molecule has 0 saturated carbocycles. The van der Waals surface area contributed by atoms with Crippen molar-refractivity contribution in [1.82, 2.24) is 4.90 Å². The van der Waals surface area contributed by atoms with Crippen LogP contribution in [-0.4, -0.2) is 28.7 Å². The number of benzene rings is 1. The van der Waals surface area contributed by atoms with E-state index in [2.05, 4.69) is 29.8 Å². The normalized spacial score (nSPS) is 10.7. The molecule has 0 spiro atoms. The topological polar surface area (TPSA) is 20.3 Å². The van der Waals surface area contributed by atoms with Gasteiger partial charge in [0, 0.05) is 23.5 Å². The van der Waals surface area contributed by atoms with E-state index in [-0.39, 0.29) is 5.91 Å². The van der Waals surface area contributed by atoms with Gasteiger partial charge in [0.25, 0.3) is 5.91 Å². The first kappa shape index (κ1) is 15.2. The van der Waals surface area contributed by atoms with Gasteiger partial charge in [-0.2, -0.15) is 0 Å². The highest BCUT2D eigenvalue weighted by atomic mass is 79.9. The smallest absolute Gasteiger partial charge is 0.254 e. The Hall–Kier alpha value is -0.830. The van der Waals surface area contributed by atoms with Gasteiger partial charge in [-0.15, -0.1) is 0 Å². The number of aryl methyl sites for hydroxylation is 1. The maximum atomic E-state index is 12.6. The van der Waals surface area contributed by atoms with E-state index in [0.29, 0.717) is 6.04 Å². The fourth-order valence-electron chi connectivity index (χ4n) is 2.21. The predicted molar refractivity (Wildman–Crippen MR) is 80.4 cm³/mol. The molecule has 0 saturated heterocycles. The molecule has 0 fully saturated rings. The van der Waals surface area contributed by atoms with Crippen LogP contribution < -0.4 is 0 Å². The van der Waals surface area contributed by atoms with Crippen molar-refractivity contribution >= 4 is 21.8 Å². The Bertz CT molecular complexity index is 388. The first-order valence-electron chi connectivity index (χ1n) is 6.57. The van der Waals surface area contributed by atoms with E-state index in [1.807, 2.05) is 36.1 Å². The fraction of sp³-hybridized carbons (Fsp3) is 0.533. The summed E-state index contributed by atoms with van der Waals surface area (Å²) in [5, 5.41) is 0.820. The van der Waals surface area contributed by atoms with E-state index in [0.717, 1.165) is 35.8 Å². The Kier molecular flexibility index (Phi) is 6.41. The van der Waals surface area contributed by atoms with Crippen molar-refractivity contribution in [1.29, 1.82) is 0 Å². The summed E-state index contributed by atoms with van der Waals surface area (Å²) >= 11 is 3.44. The molecule has 0 heterocycles. The summed E-state index contributed by atoms with van der Waals surface area (Å²) in [7, 11) is 0. The minimum atomic E-state index is 0.145. The Morgan fingerprint density at radius 2 is 2.00 bits per heavy atom. The number of amides is 1. The third-order valence-electron chi connectivity index (χ3n) is 3.23. The molecule has 1 aromatic rings. The SMILES string of the molecule is CCC(CC)N(CCBr)C(=O)c1cccc(C)c1. The summed E-state index contributed by atoms with van der Waals surface area (Å²) in [6, 6.07) is 8.16. The Morgan fingerprint density at radius 3 is 2.50 bits per heavy atom. The van der Waals surface area contributed by atoms with Crippen LogP contribution in [0.15, 0.2) is 24.3 Å². The zero-order valence-corrected chi connectivity index (χ0v) is 13.0. The number of nitrogens with zero attached hydrogens (tertiary/aromatic N) is 1. The van der Waals surface area contributed by atoms with Gasteiger partial charge in [0.05, 0.1) is 0 Å². The highest BCUT2D eigenvalue weighted by molar-refractivity contribution is 9.09. The minimum absolute atomic E-state index is 0.145. The van der Waals surface area contributed by atoms with E-state index in [1.165, 1.54) is 0 Å².